The Balaban J connectivity index is 2.65. The van der Waals surface area contributed by atoms with Crippen molar-refractivity contribution < 1.29 is 13.9 Å². The van der Waals surface area contributed by atoms with E-state index in [9.17, 15) is 13.9 Å². The molecule has 0 saturated carbocycles. The van der Waals surface area contributed by atoms with Crippen LogP contribution in [0.2, 0.25) is 0 Å². The molecular formula is C12H18F2N2O. The van der Waals surface area contributed by atoms with E-state index in [0.29, 0.717) is 12.1 Å². The molecule has 0 aliphatic carbocycles. The third kappa shape index (κ3) is 4.77. The lowest BCUT2D eigenvalue weighted by molar-refractivity contribution is 0.240. The summed E-state index contributed by atoms with van der Waals surface area (Å²) in [6.45, 7) is 1.22. The fourth-order valence-corrected chi connectivity index (χ4v) is 1.53. The number of aliphatic hydroxyl groups excluding tert-OH is 1. The highest BCUT2D eigenvalue weighted by Gasteiger charge is 2.12. The van der Waals surface area contributed by atoms with Gasteiger partial charge in [-0.1, -0.05) is 0 Å². The van der Waals surface area contributed by atoms with E-state index in [2.05, 4.69) is 5.32 Å². The van der Waals surface area contributed by atoms with Crippen LogP contribution in [0.3, 0.4) is 0 Å². The number of hydrogen-bond donors (Lipinski definition) is 2. The first-order valence-corrected chi connectivity index (χ1v) is 5.48. The second kappa shape index (κ2) is 6.64. The van der Waals surface area contributed by atoms with Crippen LogP contribution in [0.25, 0.3) is 0 Å². The van der Waals surface area contributed by atoms with Gasteiger partial charge in [0.25, 0.3) is 0 Å². The van der Waals surface area contributed by atoms with E-state index in [1.165, 1.54) is 12.1 Å². The Hall–Kier alpha value is -1.04. The van der Waals surface area contributed by atoms with Crippen LogP contribution in [-0.4, -0.2) is 43.8 Å². The van der Waals surface area contributed by atoms with E-state index in [0.717, 1.165) is 12.6 Å². The van der Waals surface area contributed by atoms with Crippen LogP contribution in [0.4, 0.5) is 8.78 Å². The zero-order chi connectivity index (χ0) is 12.8. The number of rotatable bonds is 6. The van der Waals surface area contributed by atoms with Crippen LogP contribution in [0.5, 0.6) is 0 Å². The molecular weight excluding hydrogens is 226 g/mol. The number of halogens is 2. The van der Waals surface area contributed by atoms with Gasteiger partial charge in [0, 0.05) is 19.2 Å². The molecule has 0 fully saturated rings. The molecule has 0 heterocycles. The maximum Gasteiger partial charge on any atom is 0.126 e. The Morgan fingerprint density at radius 3 is 2.29 bits per heavy atom. The van der Waals surface area contributed by atoms with Gasteiger partial charge in [0.2, 0.25) is 0 Å². The normalized spacial score (nSPS) is 13.1. The smallest absolute Gasteiger partial charge is 0.126 e. The summed E-state index contributed by atoms with van der Waals surface area (Å²) >= 11 is 0. The fraction of sp³-hybridized carbons (Fsp3) is 0.500. The van der Waals surface area contributed by atoms with Crippen molar-refractivity contribution in [3.05, 3.63) is 35.4 Å². The minimum Gasteiger partial charge on any atom is -0.394 e. The van der Waals surface area contributed by atoms with Crippen LogP contribution in [-0.2, 0) is 0 Å². The van der Waals surface area contributed by atoms with Crippen LogP contribution in [0.1, 0.15) is 11.6 Å². The predicted molar refractivity (Wildman–Crippen MR) is 62.7 cm³/mol. The van der Waals surface area contributed by atoms with Crippen molar-refractivity contribution in [1.29, 1.82) is 0 Å². The summed E-state index contributed by atoms with van der Waals surface area (Å²) in [5, 5.41) is 12.3. The van der Waals surface area contributed by atoms with Gasteiger partial charge in [-0.05, 0) is 31.8 Å². The standard InChI is InChI=1S/C12H18F2N2O/c1-16(2)4-3-15-12(8-17)9-5-10(13)7-11(14)6-9/h5-7,12,15,17H,3-4,8H2,1-2H3. The van der Waals surface area contributed by atoms with Gasteiger partial charge in [0.15, 0.2) is 0 Å². The molecule has 0 aliphatic heterocycles. The summed E-state index contributed by atoms with van der Waals surface area (Å²) < 4.78 is 26.0. The second-order valence-corrected chi connectivity index (χ2v) is 4.20. The minimum absolute atomic E-state index is 0.198. The summed E-state index contributed by atoms with van der Waals surface area (Å²) in [5.74, 6) is -1.26. The molecule has 96 valence electrons. The Morgan fingerprint density at radius 1 is 1.24 bits per heavy atom. The molecule has 0 bridgehead atoms. The first-order chi connectivity index (χ1) is 8.02. The molecule has 2 N–H and O–H groups in total. The van der Waals surface area contributed by atoms with Crippen molar-refractivity contribution in [3.63, 3.8) is 0 Å². The van der Waals surface area contributed by atoms with Gasteiger partial charge >= 0.3 is 0 Å². The molecule has 1 atom stereocenters. The average molecular weight is 244 g/mol. The highest BCUT2D eigenvalue weighted by atomic mass is 19.1. The van der Waals surface area contributed by atoms with Crippen molar-refractivity contribution in [2.45, 2.75) is 6.04 Å². The first-order valence-electron chi connectivity index (χ1n) is 5.48. The molecule has 1 aromatic rings. The second-order valence-electron chi connectivity index (χ2n) is 4.20. The van der Waals surface area contributed by atoms with Gasteiger partial charge < -0.3 is 15.3 Å². The fourth-order valence-electron chi connectivity index (χ4n) is 1.53. The van der Waals surface area contributed by atoms with Crippen molar-refractivity contribution in [3.8, 4) is 0 Å². The third-order valence-corrected chi connectivity index (χ3v) is 2.42. The van der Waals surface area contributed by atoms with Gasteiger partial charge in [-0.25, -0.2) is 8.78 Å². The third-order valence-electron chi connectivity index (χ3n) is 2.42. The van der Waals surface area contributed by atoms with Crippen LogP contribution < -0.4 is 5.32 Å². The lowest BCUT2D eigenvalue weighted by Gasteiger charge is -2.18. The van der Waals surface area contributed by atoms with E-state index in [1.807, 2.05) is 19.0 Å². The molecule has 5 heteroatoms. The molecule has 1 rings (SSSR count). The number of nitrogens with one attached hydrogen (secondary N) is 1. The number of hydrogen-bond acceptors (Lipinski definition) is 3. The van der Waals surface area contributed by atoms with Gasteiger partial charge in [-0.2, -0.15) is 0 Å². The maximum atomic E-state index is 13.0. The monoisotopic (exact) mass is 244 g/mol. The molecule has 3 nitrogen and oxygen atoms in total. The number of nitrogens with zero attached hydrogens (tertiary/aromatic N) is 1. The van der Waals surface area contributed by atoms with Gasteiger partial charge in [0.1, 0.15) is 11.6 Å². The lowest BCUT2D eigenvalue weighted by atomic mass is 10.1. The highest BCUT2D eigenvalue weighted by molar-refractivity contribution is 5.21. The molecule has 1 unspecified atom stereocenters. The van der Waals surface area contributed by atoms with Gasteiger partial charge in [-0.3, -0.25) is 0 Å². The zero-order valence-corrected chi connectivity index (χ0v) is 10.1. The first kappa shape index (κ1) is 14.0. The summed E-state index contributed by atoms with van der Waals surface area (Å²) in [7, 11) is 3.86. The summed E-state index contributed by atoms with van der Waals surface area (Å²) in [6.07, 6.45) is 0. The highest BCUT2D eigenvalue weighted by Crippen LogP contribution is 2.15. The van der Waals surface area contributed by atoms with E-state index in [4.69, 9.17) is 0 Å². The Morgan fingerprint density at radius 2 is 1.82 bits per heavy atom. The Bertz CT molecular complexity index is 338. The summed E-state index contributed by atoms with van der Waals surface area (Å²) in [4.78, 5) is 1.98. The Labute approximate surface area is 100 Å². The quantitative estimate of drug-likeness (QED) is 0.788. The van der Waals surface area contributed by atoms with Crippen molar-refractivity contribution in [2.75, 3.05) is 33.8 Å². The predicted octanol–water partition coefficient (Wildman–Crippen LogP) is 1.15. The molecule has 0 aromatic heterocycles. The number of aliphatic hydroxyl groups is 1. The largest absolute Gasteiger partial charge is 0.394 e. The van der Waals surface area contributed by atoms with E-state index >= 15 is 0 Å². The van der Waals surface area contributed by atoms with Crippen LogP contribution in [0.15, 0.2) is 18.2 Å². The number of benzene rings is 1. The molecule has 0 aliphatic rings. The SMILES string of the molecule is CN(C)CCNC(CO)c1cc(F)cc(F)c1. The molecule has 0 saturated heterocycles. The van der Waals surface area contributed by atoms with E-state index < -0.39 is 17.7 Å². The van der Waals surface area contributed by atoms with Crippen molar-refractivity contribution in [2.24, 2.45) is 0 Å². The minimum atomic E-state index is -0.632. The number of likely N-dealkylation sites (N-methyl/N-ethyl adjacent to an activating group) is 1. The van der Waals surface area contributed by atoms with Crippen LogP contribution in [0, 0.1) is 11.6 Å². The molecule has 17 heavy (non-hydrogen) atoms. The molecule has 0 spiro atoms. The average Bonchev–Trinajstić information content (AvgIpc) is 2.22. The summed E-state index contributed by atoms with van der Waals surface area (Å²) in [6, 6.07) is 2.83. The van der Waals surface area contributed by atoms with Gasteiger partial charge in [0.05, 0.1) is 12.6 Å². The summed E-state index contributed by atoms with van der Waals surface area (Å²) in [5.41, 5.74) is 0.420. The van der Waals surface area contributed by atoms with Crippen molar-refractivity contribution >= 4 is 0 Å². The molecule has 0 amide bonds. The van der Waals surface area contributed by atoms with Crippen LogP contribution >= 0.6 is 0 Å². The van der Waals surface area contributed by atoms with Gasteiger partial charge in [-0.15, -0.1) is 0 Å². The topological polar surface area (TPSA) is 35.5 Å². The van der Waals surface area contributed by atoms with E-state index in [1.54, 1.807) is 0 Å². The molecule has 0 radical (unpaired) electrons. The van der Waals surface area contributed by atoms with E-state index in [-0.39, 0.29) is 6.61 Å². The Kier molecular flexibility index (Phi) is 5.47. The molecule has 1 aromatic carbocycles. The lowest BCUT2D eigenvalue weighted by Crippen LogP contribution is -2.31. The maximum absolute atomic E-state index is 13.0. The zero-order valence-electron chi connectivity index (χ0n) is 10.1. The van der Waals surface area contributed by atoms with Crippen molar-refractivity contribution in [1.82, 2.24) is 10.2 Å².